The molecule has 0 amide bonds. The lowest BCUT2D eigenvalue weighted by molar-refractivity contribution is 0.285. The third kappa shape index (κ3) is 5.35. The predicted molar refractivity (Wildman–Crippen MR) is 79.8 cm³/mol. The van der Waals surface area contributed by atoms with Gasteiger partial charge in [0.05, 0.1) is 13.7 Å². The highest BCUT2D eigenvalue weighted by Crippen LogP contribution is 2.29. The van der Waals surface area contributed by atoms with Gasteiger partial charge < -0.3 is 15.2 Å². The Morgan fingerprint density at radius 2 is 2.05 bits per heavy atom. The van der Waals surface area contributed by atoms with Gasteiger partial charge in [-0.05, 0) is 50.3 Å². The summed E-state index contributed by atoms with van der Waals surface area (Å²) in [6, 6.07) is 5.86. The highest BCUT2D eigenvalue weighted by molar-refractivity contribution is 5.43. The van der Waals surface area contributed by atoms with Crippen molar-refractivity contribution < 1.29 is 9.47 Å². The first-order valence-electron chi connectivity index (χ1n) is 6.86. The van der Waals surface area contributed by atoms with Crippen LogP contribution in [0.3, 0.4) is 0 Å². The van der Waals surface area contributed by atoms with Crippen LogP contribution >= 0.6 is 0 Å². The van der Waals surface area contributed by atoms with Crippen LogP contribution in [0, 0.1) is 0 Å². The van der Waals surface area contributed by atoms with Gasteiger partial charge in [-0.2, -0.15) is 0 Å². The molecule has 0 aliphatic rings. The zero-order valence-corrected chi connectivity index (χ0v) is 12.0. The fourth-order valence-electron chi connectivity index (χ4n) is 1.84. The quantitative estimate of drug-likeness (QED) is 0.544. The molecule has 0 aliphatic carbocycles. The van der Waals surface area contributed by atoms with E-state index in [4.69, 9.17) is 15.2 Å². The number of hydrogen-bond acceptors (Lipinski definition) is 3. The second-order valence-electron chi connectivity index (χ2n) is 4.69. The Labute approximate surface area is 116 Å². The Morgan fingerprint density at radius 1 is 1.26 bits per heavy atom. The third-order valence-electron chi connectivity index (χ3n) is 3.02. The molecule has 1 rings (SSSR count). The molecule has 2 N–H and O–H groups in total. The predicted octanol–water partition coefficient (Wildman–Crippen LogP) is 3.84. The number of methoxy groups -OCH3 is 1. The lowest BCUT2D eigenvalue weighted by Crippen LogP contribution is -2.06. The summed E-state index contributed by atoms with van der Waals surface area (Å²) in [7, 11) is 1.65. The molecular weight excluding hydrogens is 238 g/mol. The van der Waals surface area contributed by atoms with Crippen molar-refractivity contribution in [3.8, 4) is 11.5 Å². The fourth-order valence-corrected chi connectivity index (χ4v) is 1.84. The van der Waals surface area contributed by atoms with E-state index in [9.17, 15) is 0 Å². The molecule has 0 aliphatic heterocycles. The van der Waals surface area contributed by atoms with E-state index in [-0.39, 0.29) is 6.04 Å². The molecule has 0 radical (unpaired) electrons. The van der Waals surface area contributed by atoms with E-state index in [0.29, 0.717) is 6.61 Å². The van der Waals surface area contributed by atoms with Gasteiger partial charge in [-0.1, -0.05) is 12.1 Å². The Morgan fingerprint density at radius 3 is 2.68 bits per heavy atom. The van der Waals surface area contributed by atoms with Crippen LogP contribution in [-0.2, 0) is 0 Å². The summed E-state index contributed by atoms with van der Waals surface area (Å²) in [5.41, 5.74) is 6.90. The molecule has 0 saturated heterocycles. The number of rotatable bonds is 9. The molecule has 0 bridgehead atoms. The topological polar surface area (TPSA) is 44.5 Å². The number of hydrogen-bond donors (Lipinski definition) is 1. The number of benzene rings is 1. The molecule has 0 aromatic heterocycles. The second kappa shape index (κ2) is 8.59. The monoisotopic (exact) mass is 263 g/mol. The molecule has 0 spiro atoms. The first-order chi connectivity index (χ1) is 9.19. The van der Waals surface area contributed by atoms with Gasteiger partial charge in [-0.15, -0.1) is 6.58 Å². The molecule has 19 heavy (non-hydrogen) atoms. The van der Waals surface area contributed by atoms with Crippen molar-refractivity contribution in [2.45, 2.75) is 38.6 Å². The number of nitrogens with two attached hydrogens (primary N) is 1. The summed E-state index contributed by atoms with van der Waals surface area (Å²) in [5, 5.41) is 0. The van der Waals surface area contributed by atoms with Crippen LogP contribution in [0.5, 0.6) is 11.5 Å². The van der Waals surface area contributed by atoms with Crippen LogP contribution in [0.25, 0.3) is 0 Å². The van der Waals surface area contributed by atoms with Gasteiger partial charge in [0.1, 0.15) is 0 Å². The maximum Gasteiger partial charge on any atom is 0.161 e. The first-order valence-corrected chi connectivity index (χ1v) is 6.86. The van der Waals surface area contributed by atoms with E-state index in [1.807, 2.05) is 31.2 Å². The van der Waals surface area contributed by atoms with Crippen molar-refractivity contribution in [1.82, 2.24) is 0 Å². The van der Waals surface area contributed by atoms with Crippen molar-refractivity contribution in [1.29, 1.82) is 0 Å². The smallest absolute Gasteiger partial charge is 0.161 e. The number of allylic oxidation sites excluding steroid dienone is 1. The lowest BCUT2D eigenvalue weighted by atomic mass is 10.1. The zero-order valence-electron chi connectivity index (χ0n) is 12.0. The van der Waals surface area contributed by atoms with Crippen molar-refractivity contribution in [3.63, 3.8) is 0 Å². The molecule has 0 heterocycles. The van der Waals surface area contributed by atoms with Crippen LogP contribution < -0.4 is 15.2 Å². The summed E-state index contributed by atoms with van der Waals surface area (Å²) in [6.07, 6.45) is 6.41. The molecule has 0 fully saturated rings. The van der Waals surface area contributed by atoms with E-state index in [0.717, 1.165) is 36.3 Å². The number of ether oxygens (including phenoxy) is 2. The third-order valence-corrected chi connectivity index (χ3v) is 3.02. The molecule has 3 nitrogen and oxygen atoms in total. The lowest BCUT2D eigenvalue weighted by Gasteiger charge is -2.13. The van der Waals surface area contributed by atoms with Gasteiger partial charge in [-0.25, -0.2) is 0 Å². The van der Waals surface area contributed by atoms with Crippen molar-refractivity contribution >= 4 is 0 Å². The Balaban J connectivity index is 2.46. The average molecular weight is 263 g/mol. The molecule has 1 aromatic carbocycles. The standard InChI is InChI=1S/C16H25NO2/c1-4-5-6-7-8-11-19-15-10-9-14(13(2)17)12-16(15)18-3/h4,9-10,12-13H,1,5-8,11,17H2,2-3H3/t13-/m0/s1. The van der Waals surface area contributed by atoms with Crippen molar-refractivity contribution in [3.05, 3.63) is 36.4 Å². The highest BCUT2D eigenvalue weighted by atomic mass is 16.5. The van der Waals surface area contributed by atoms with Gasteiger partial charge in [0.25, 0.3) is 0 Å². The molecular formula is C16H25NO2. The van der Waals surface area contributed by atoms with Crippen LogP contribution in [0.4, 0.5) is 0 Å². The minimum Gasteiger partial charge on any atom is -0.493 e. The zero-order chi connectivity index (χ0) is 14.1. The number of unbranched alkanes of at least 4 members (excludes halogenated alkanes) is 3. The van der Waals surface area contributed by atoms with E-state index in [1.54, 1.807) is 7.11 Å². The fraction of sp³-hybridized carbons (Fsp3) is 0.500. The van der Waals surface area contributed by atoms with E-state index in [2.05, 4.69) is 6.58 Å². The summed E-state index contributed by atoms with van der Waals surface area (Å²) in [5.74, 6) is 1.54. The summed E-state index contributed by atoms with van der Waals surface area (Å²) in [4.78, 5) is 0. The highest BCUT2D eigenvalue weighted by Gasteiger charge is 2.07. The molecule has 0 saturated carbocycles. The molecule has 106 valence electrons. The first kappa shape index (κ1) is 15.6. The molecule has 1 aromatic rings. The molecule has 3 heteroatoms. The SMILES string of the molecule is C=CCCCCCOc1ccc([C@H](C)N)cc1OC. The summed E-state index contributed by atoms with van der Waals surface area (Å²) >= 11 is 0. The van der Waals surface area contributed by atoms with E-state index in [1.165, 1.54) is 6.42 Å². The minimum absolute atomic E-state index is 0.00172. The van der Waals surface area contributed by atoms with E-state index < -0.39 is 0 Å². The van der Waals surface area contributed by atoms with Crippen LogP contribution in [0.15, 0.2) is 30.9 Å². The summed E-state index contributed by atoms with van der Waals surface area (Å²) in [6.45, 7) is 6.38. The molecule has 1 atom stereocenters. The van der Waals surface area contributed by atoms with Gasteiger partial charge in [0.15, 0.2) is 11.5 Å². The summed E-state index contributed by atoms with van der Waals surface area (Å²) < 4.78 is 11.1. The Hall–Kier alpha value is -1.48. The maximum absolute atomic E-state index is 5.85. The van der Waals surface area contributed by atoms with Crippen LogP contribution in [-0.4, -0.2) is 13.7 Å². The van der Waals surface area contributed by atoms with Crippen LogP contribution in [0.1, 0.15) is 44.2 Å². The van der Waals surface area contributed by atoms with E-state index >= 15 is 0 Å². The Bertz CT molecular complexity index is 388. The largest absolute Gasteiger partial charge is 0.493 e. The van der Waals surface area contributed by atoms with Crippen molar-refractivity contribution in [2.75, 3.05) is 13.7 Å². The maximum atomic E-state index is 5.85. The van der Waals surface area contributed by atoms with Crippen molar-refractivity contribution in [2.24, 2.45) is 5.73 Å². The van der Waals surface area contributed by atoms with Gasteiger partial charge in [0, 0.05) is 6.04 Å². The normalized spacial score (nSPS) is 11.9. The van der Waals surface area contributed by atoms with Gasteiger partial charge in [0.2, 0.25) is 0 Å². The Kier molecular flexibility index (Phi) is 7.04. The van der Waals surface area contributed by atoms with Gasteiger partial charge in [-0.3, -0.25) is 0 Å². The molecule has 0 unspecified atom stereocenters. The average Bonchev–Trinajstić information content (AvgIpc) is 2.42. The van der Waals surface area contributed by atoms with Gasteiger partial charge >= 0.3 is 0 Å². The second-order valence-corrected chi connectivity index (χ2v) is 4.69. The minimum atomic E-state index is 0.00172. The van der Waals surface area contributed by atoms with Crippen LogP contribution in [0.2, 0.25) is 0 Å².